The van der Waals surface area contributed by atoms with Crippen LogP contribution < -0.4 is 0 Å². The molecule has 0 bridgehead atoms. The molecule has 1 aromatic carbocycles. The van der Waals surface area contributed by atoms with Crippen molar-refractivity contribution in [2.24, 2.45) is 0 Å². The van der Waals surface area contributed by atoms with E-state index in [1.165, 1.54) is 12.1 Å². The molecule has 6 nitrogen and oxygen atoms in total. The highest BCUT2D eigenvalue weighted by atomic mass is 19.1. The fraction of sp³-hybridized carbons (Fsp3) is 0. The molecular formula is C20H2F2N6. The Balaban J connectivity index is 2.52. The number of hydrogen-bond acceptors (Lipinski definition) is 3. The molecule has 126 valence electrons. The first-order valence-corrected chi connectivity index (χ1v) is 7.30. The highest BCUT2D eigenvalue weighted by Crippen LogP contribution is 2.51. The Morgan fingerprint density at radius 3 is 1.75 bits per heavy atom. The van der Waals surface area contributed by atoms with Crippen LogP contribution in [0, 0.1) is 53.7 Å². The molecule has 2 aliphatic carbocycles. The van der Waals surface area contributed by atoms with Gasteiger partial charge in [-0.05, 0) is 22.8 Å². The van der Waals surface area contributed by atoms with Crippen molar-refractivity contribution in [3.63, 3.8) is 0 Å². The van der Waals surface area contributed by atoms with Crippen LogP contribution in [0.25, 0.3) is 37.0 Å². The summed E-state index contributed by atoms with van der Waals surface area (Å²) in [7, 11) is 0. The molecule has 0 saturated carbocycles. The van der Waals surface area contributed by atoms with Crippen LogP contribution >= 0.6 is 0 Å². The van der Waals surface area contributed by atoms with Gasteiger partial charge in [-0.1, -0.05) is 6.07 Å². The van der Waals surface area contributed by atoms with Gasteiger partial charge >= 0.3 is 0 Å². The number of hydrogen-bond donors (Lipinski definition) is 0. The Kier molecular flexibility index (Phi) is 4.05. The third-order valence-corrected chi connectivity index (χ3v) is 4.22. The molecule has 0 spiro atoms. The summed E-state index contributed by atoms with van der Waals surface area (Å²) in [5, 5.41) is 27.5. The lowest BCUT2D eigenvalue weighted by atomic mass is 9.94. The third-order valence-electron chi connectivity index (χ3n) is 4.22. The molecule has 2 aliphatic rings. The van der Waals surface area contributed by atoms with E-state index in [9.17, 15) is 14.0 Å². The van der Waals surface area contributed by atoms with Crippen LogP contribution in [0.4, 0.5) is 8.78 Å². The van der Waals surface area contributed by atoms with E-state index >= 15 is 0 Å². The van der Waals surface area contributed by atoms with Crippen LogP contribution in [0.5, 0.6) is 0 Å². The molecule has 0 fully saturated rings. The average molecular weight is 364 g/mol. The summed E-state index contributed by atoms with van der Waals surface area (Å²) in [5.41, 5.74) is -2.94. The normalized spacial score (nSPS) is 17.3. The second-order valence-corrected chi connectivity index (χ2v) is 5.41. The molecule has 28 heavy (non-hydrogen) atoms. The molecule has 0 saturated heterocycles. The minimum Gasteiger partial charge on any atom is -0.234 e. The van der Waals surface area contributed by atoms with Crippen molar-refractivity contribution in [2.45, 2.75) is 0 Å². The zero-order chi connectivity index (χ0) is 20.6. The molecule has 3 rings (SSSR count). The first-order chi connectivity index (χ1) is 13.5. The third kappa shape index (κ3) is 2.11. The molecule has 0 aliphatic heterocycles. The molecule has 0 N–H and O–H groups in total. The van der Waals surface area contributed by atoms with Gasteiger partial charge in [-0.15, -0.1) is 0 Å². The van der Waals surface area contributed by atoms with Gasteiger partial charge < -0.3 is 0 Å². The molecule has 1 aromatic rings. The van der Waals surface area contributed by atoms with Gasteiger partial charge in [0.25, 0.3) is 11.4 Å². The fourth-order valence-corrected chi connectivity index (χ4v) is 3.09. The van der Waals surface area contributed by atoms with Crippen molar-refractivity contribution >= 4 is 22.4 Å². The maximum Gasteiger partial charge on any atom is 0.272 e. The van der Waals surface area contributed by atoms with E-state index in [1.807, 2.05) is 0 Å². The Bertz CT molecular complexity index is 1240. The van der Waals surface area contributed by atoms with Crippen LogP contribution in [-0.4, -0.2) is 0 Å². The Morgan fingerprint density at radius 2 is 1.29 bits per heavy atom. The van der Waals surface area contributed by atoms with Crippen molar-refractivity contribution in [1.29, 1.82) is 15.8 Å². The predicted molar refractivity (Wildman–Crippen MR) is 93.0 cm³/mol. The van der Waals surface area contributed by atoms with Crippen LogP contribution in [0.15, 0.2) is 35.2 Å². The van der Waals surface area contributed by atoms with Crippen LogP contribution in [0.2, 0.25) is 0 Å². The number of benzene rings is 1. The standard InChI is InChI=1S/C20H2F2N6/c1-26-14(7-24)16-10-5-12-11(4-9(10)13(6-23)18(16)21)17(15(8-25)27-2)19(22)20(12)28-3/h4-5H/b16-14+,17-15-. The first-order valence-electron chi connectivity index (χ1n) is 7.30. The predicted octanol–water partition coefficient (Wildman–Crippen LogP) is 4.78. The second-order valence-electron chi connectivity index (χ2n) is 5.41. The number of halogens is 2. The summed E-state index contributed by atoms with van der Waals surface area (Å²) in [4.78, 5) is 9.04. The van der Waals surface area contributed by atoms with Crippen molar-refractivity contribution < 1.29 is 8.78 Å². The second kappa shape index (κ2) is 6.37. The highest BCUT2D eigenvalue weighted by molar-refractivity contribution is 6.09. The maximum absolute atomic E-state index is 14.7. The van der Waals surface area contributed by atoms with Gasteiger partial charge in [-0.25, -0.2) is 33.8 Å². The topological polar surface area (TPSA) is 84.4 Å². The average Bonchev–Trinajstić information content (AvgIpc) is 3.13. The Labute approximate surface area is 157 Å². The SMILES string of the molecule is [C-]#[N+]C1=C(F)/C(=C(/C#N)[N+]#[C-])c2cc3c(cc21)/C(=C(/C#N)[N+]#[C-])C(F)=C3C#N. The first kappa shape index (κ1) is 17.8. The van der Waals surface area contributed by atoms with Gasteiger partial charge in [-0.3, -0.25) is 0 Å². The Hall–Kier alpha value is -5.02. The van der Waals surface area contributed by atoms with E-state index in [1.54, 1.807) is 18.2 Å². The summed E-state index contributed by atoms with van der Waals surface area (Å²) in [6.07, 6.45) is 0. The zero-order valence-corrected chi connectivity index (χ0v) is 13.6. The smallest absolute Gasteiger partial charge is 0.234 e. The van der Waals surface area contributed by atoms with Gasteiger partial charge in [0.05, 0.1) is 37.4 Å². The summed E-state index contributed by atoms with van der Waals surface area (Å²) in [6.45, 7) is 21.3. The van der Waals surface area contributed by atoms with E-state index in [0.717, 1.165) is 0 Å². The van der Waals surface area contributed by atoms with E-state index in [-0.39, 0.29) is 22.3 Å². The minimum atomic E-state index is -1.07. The van der Waals surface area contributed by atoms with Gasteiger partial charge in [0.2, 0.25) is 5.70 Å². The number of fused-ring (bicyclic) bond motifs is 2. The number of nitriles is 3. The number of allylic oxidation sites excluding steroid dienone is 7. The van der Waals surface area contributed by atoms with Crippen LogP contribution in [-0.2, 0) is 0 Å². The highest BCUT2D eigenvalue weighted by Gasteiger charge is 2.36. The lowest BCUT2D eigenvalue weighted by molar-refractivity contribution is 0.681. The number of nitrogens with zero attached hydrogens (tertiary/aromatic N) is 6. The lowest BCUT2D eigenvalue weighted by Crippen LogP contribution is -1.93. The van der Waals surface area contributed by atoms with Crippen LogP contribution in [0.1, 0.15) is 22.3 Å². The van der Waals surface area contributed by atoms with Gasteiger partial charge in [0.1, 0.15) is 17.7 Å². The number of rotatable bonds is 0. The molecule has 0 heterocycles. The Morgan fingerprint density at radius 1 is 0.786 bits per heavy atom. The minimum absolute atomic E-state index is 0.00193. The molecular weight excluding hydrogens is 362 g/mol. The quantitative estimate of drug-likeness (QED) is 0.490. The lowest BCUT2D eigenvalue weighted by Gasteiger charge is -2.09. The van der Waals surface area contributed by atoms with Gasteiger partial charge in [-0.2, -0.15) is 5.26 Å². The maximum atomic E-state index is 14.7. The van der Waals surface area contributed by atoms with Gasteiger partial charge in [0.15, 0.2) is 0 Å². The molecule has 0 amide bonds. The molecule has 0 unspecified atom stereocenters. The summed E-state index contributed by atoms with van der Waals surface area (Å²) in [6, 6.07) is 7.17. The molecule has 0 atom stereocenters. The summed E-state index contributed by atoms with van der Waals surface area (Å²) >= 11 is 0. The van der Waals surface area contributed by atoms with E-state index in [2.05, 4.69) is 14.5 Å². The fourth-order valence-electron chi connectivity index (χ4n) is 3.09. The van der Waals surface area contributed by atoms with Crippen molar-refractivity contribution in [3.05, 3.63) is 91.7 Å². The van der Waals surface area contributed by atoms with Crippen molar-refractivity contribution in [3.8, 4) is 18.2 Å². The molecule has 8 heteroatoms. The van der Waals surface area contributed by atoms with Crippen LogP contribution in [0.3, 0.4) is 0 Å². The van der Waals surface area contributed by atoms with Crippen molar-refractivity contribution in [1.82, 2.24) is 0 Å². The summed E-state index contributed by atoms with van der Waals surface area (Å²) < 4.78 is 29.5. The van der Waals surface area contributed by atoms with E-state index in [4.69, 9.17) is 30.2 Å². The monoisotopic (exact) mass is 364 g/mol. The molecule has 0 aromatic heterocycles. The van der Waals surface area contributed by atoms with Gasteiger partial charge in [0, 0.05) is 16.7 Å². The molecule has 0 radical (unpaired) electrons. The summed E-state index contributed by atoms with van der Waals surface area (Å²) in [5.74, 6) is -2.14. The largest absolute Gasteiger partial charge is 0.272 e. The van der Waals surface area contributed by atoms with E-state index < -0.39 is 45.5 Å². The zero-order valence-electron chi connectivity index (χ0n) is 13.6. The van der Waals surface area contributed by atoms with E-state index in [0.29, 0.717) is 0 Å². The van der Waals surface area contributed by atoms with Crippen molar-refractivity contribution in [2.75, 3.05) is 0 Å².